The molecule has 0 spiro atoms. The number of rotatable bonds is 7. The number of aromatic nitrogens is 2. The molecule has 0 aliphatic carbocycles. The van der Waals surface area contributed by atoms with E-state index < -0.39 is 0 Å². The maximum atomic E-state index is 12.2. The topological polar surface area (TPSA) is 75.3 Å². The number of furan rings is 1. The molecule has 2 unspecified atom stereocenters. The second kappa shape index (κ2) is 8.71. The summed E-state index contributed by atoms with van der Waals surface area (Å²) in [6.45, 7) is 5.24. The van der Waals surface area contributed by atoms with E-state index in [0.717, 1.165) is 18.8 Å². The Kier molecular flexibility index (Phi) is 6.11. The van der Waals surface area contributed by atoms with Gasteiger partial charge in [0, 0.05) is 25.0 Å². The molecule has 1 fully saturated rings. The van der Waals surface area contributed by atoms with Crippen molar-refractivity contribution >= 4 is 6.03 Å². The van der Waals surface area contributed by atoms with Crippen LogP contribution in [0.4, 0.5) is 4.79 Å². The van der Waals surface area contributed by atoms with Gasteiger partial charge in [0.2, 0.25) is 0 Å². The minimum Gasteiger partial charge on any atom is -0.468 e. The first-order chi connectivity index (χ1) is 12.2. The number of hydrogen-bond donors (Lipinski definition) is 2. The predicted molar refractivity (Wildman–Crippen MR) is 95.1 cm³/mol. The number of amides is 2. The van der Waals surface area contributed by atoms with Crippen molar-refractivity contribution in [1.82, 2.24) is 25.3 Å². The lowest BCUT2D eigenvalue weighted by molar-refractivity contribution is 0.143. The van der Waals surface area contributed by atoms with Gasteiger partial charge in [-0.3, -0.25) is 9.58 Å². The van der Waals surface area contributed by atoms with Gasteiger partial charge in [-0.2, -0.15) is 5.10 Å². The SMILES string of the molecule is CC(Cn1cccn1)NC(=O)NCC(c1ccco1)N1CCCCC1. The number of piperidine rings is 1. The summed E-state index contributed by atoms with van der Waals surface area (Å²) in [5.41, 5.74) is 0. The lowest BCUT2D eigenvalue weighted by atomic mass is 10.1. The fourth-order valence-corrected chi connectivity index (χ4v) is 3.32. The van der Waals surface area contributed by atoms with E-state index in [1.807, 2.05) is 36.0 Å². The molecule has 2 N–H and O–H groups in total. The van der Waals surface area contributed by atoms with E-state index in [4.69, 9.17) is 4.42 Å². The van der Waals surface area contributed by atoms with Crippen LogP contribution in [0.5, 0.6) is 0 Å². The number of carbonyl (C=O) groups excluding carboxylic acids is 1. The maximum absolute atomic E-state index is 12.2. The fourth-order valence-electron chi connectivity index (χ4n) is 3.32. The highest BCUT2D eigenvalue weighted by Gasteiger charge is 2.25. The zero-order chi connectivity index (χ0) is 17.5. The first-order valence-electron chi connectivity index (χ1n) is 9.01. The number of nitrogens with zero attached hydrogens (tertiary/aromatic N) is 3. The van der Waals surface area contributed by atoms with Crippen LogP contribution in [0.1, 0.15) is 38.0 Å². The van der Waals surface area contributed by atoms with Crippen LogP contribution in [0, 0.1) is 0 Å². The van der Waals surface area contributed by atoms with Gasteiger partial charge < -0.3 is 15.1 Å². The molecule has 0 saturated carbocycles. The molecule has 1 aliphatic rings. The number of urea groups is 1. The summed E-state index contributed by atoms with van der Waals surface area (Å²) in [6, 6.07) is 5.68. The second-order valence-corrected chi connectivity index (χ2v) is 6.61. The van der Waals surface area contributed by atoms with Crippen LogP contribution in [0.25, 0.3) is 0 Å². The molecule has 2 aromatic rings. The van der Waals surface area contributed by atoms with Crippen molar-refractivity contribution in [3.05, 3.63) is 42.6 Å². The molecule has 2 atom stereocenters. The highest BCUT2D eigenvalue weighted by atomic mass is 16.3. The maximum Gasteiger partial charge on any atom is 0.315 e. The fraction of sp³-hybridized carbons (Fsp3) is 0.556. The molecule has 7 nitrogen and oxygen atoms in total. The Balaban J connectivity index is 1.50. The number of nitrogens with one attached hydrogen (secondary N) is 2. The lowest BCUT2D eigenvalue weighted by Crippen LogP contribution is -2.46. The summed E-state index contributed by atoms with van der Waals surface area (Å²) in [4.78, 5) is 14.6. The van der Waals surface area contributed by atoms with Crippen molar-refractivity contribution in [2.75, 3.05) is 19.6 Å². The summed E-state index contributed by atoms with van der Waals surface area (Å²) in [6.07, 6.45) is 8.99. The first-order valence-corrected chi connectivity index (χ1v) is 9.01. The van der Waals surface area contributed by atoms with Crippen molar-refractivity contribution < 1.29 is 9.21 Å². The van der Waals surface area contributed by atoms with Gasteiger partial charge in [0.15, 0.2) is 0 Å². The molecule has 2 amide bonds. The van der Waals surface area contributed by atoms with Crippen LogP contribution < -0.4 is 10.6 Å². The van der Waals surface area contributed by atoms with E-state index in [-0.39, 0.29) is 18.1 Å². The predicted octanol–water partition coefficient (Wildman–Crippen LogP) is 2.39. The third-order valence-corrected chi connectivity index (χ3v) is 4.56. The molecule has 0 bridgehead atoms. The Morgan fingerprint density at radius 2 is 2.16 bits per heavy atom. The van der Waals surface area contributed by atoms with Crippen LogP contribution >= 0.6 is 0 Å². The Bertz CT molecular complexity index is 620. The Hall–Kier alpha value is -2.28. The number of carbonyl (C=O) groups is 1. The van der Waals surface area contributed by atoms with Crippen molar-refractivity contribution in [2.24, 2.45) is 0 Å². The van der Waals surface area contributed by atoms with E-state index >= 15 is 0 Å². The molecular formula is C18H27N5O2. The Labute approximate surface area is 148 Å². The third-order valence-electron chi connectivity index (χ3n) is 4.56. The van der Waals surface area contributed by atoms with Crippen LogP contribution in [-0.4, -0.2) is 46.4 Å². The van der Waals surface area contributed by atoms with Gasteiger partial charge in [0.1, 0.15) is 5.76 Å². The van der Waals surface area contributed by atoms with Gasteiger partial charge in [-0.25, -0.2) is 4.79 Å². The summed E-state index contributed by atoms with van der Waals surface area (Å²) in [7, 11) is 0. The highest BCUT2D eigenvalue weighted by molar-refractivity contribution is 5.74. The van der Waals surface area contributed by atoms with Crippen molar-refractivity contribution in [1.29, 1.82) is 0 Å². The number of likely N-dealkylation sites (tertiary alicyclic amines) is 1. The number of hydrogen-bond acceptors (Lipinski definition) is 4. The van der Waals surface area contributed by atoms with Crippen LogP contribution in [0.2, 0.25) is 0 Å². The van der Waals surface area contributed by atoms with E-state index in [0.29, 0.717) is 13.1 Å². The van der Waals surface area contributed by atoms with Crippen molar-refractivity contribution in [3.63, 3.8) is 0 Å². The van der Waals surface area contributed by atoms with Crippen molar-refractivity contribution in [2.45, 2.75) is 44.8 Å². The van der Waals surface area contributed by atoms with E-state index in [1.165, 1.54) is 19.3 Å². The van der Waals surface area contributed by atoms with Gasteiger partial charge in [-0.15, -0.1) is 0 Å². The summed E-state index contributed by atoms with van der Waals surface area (Å²) in [5, 5.41) is 10.1. The first kappa shape index (κ1) is 17.5. The minimum atomic E-state index is -0.159. The van der Waals surface area contributed by atoms with Gasteiger partial charge >= 0.3 is 6.03 Å². The Morgan fingerprint density at radius 3 is 2.84 bits per heavy atom. The largest absolute Gasteiger partial charge is 0.468 e. The Morgan fingerprint density at radius 1 is 1.32 bits per heavy atom. The molecule has 136 valence electrons. The van der Waals surface area contributed by atoms with Crippen LogP contribution in [0.3, 0.4) is 0 Å². The third kappa shape index (κ3) is 5.09. The average Bonchev–Trinajstić information content (AvgIpc) is 3.30. The van der Waals surface area contributed by atoms with Crippen molar-refractivity contribution in [3.8, 4) is 0 Å². The quantitative estimate of drug-likeness (QED) is 0.808. The van der Waals surface area contributed by atoms with E-state index in [9.17, 15) is 4.79 Å². The molecule has 0 aromatic carbocycles. The van der Waals surface area contributed by atoms with Crippen LogP contribution in [0.15, 0.2) is 41.3 Å². The smallest absolute Gasteiger partial charge is 0.315 e. The van der Waals surface area contributed by atoms with Gasteiger partial charge in [-0.05, 0) is 51.1 Å². The standard InChI is InChI=1S/C18H27N5O2/c1-15(14-23-11-6-8-20-23)21-18(24)19-13-16(17-7-5-12-25-17)22-9-3-2-4-10-22/h5-8,11-12,15-16H,2-4,9-10,13-14H2,1H3,(H2,19,21,24). The second-order valence-electron chi connectivity index (χ2n) is 6.61. The average molecular weight is 345 g/mol. The van der Waals surface area contributed by atoms with Gasteiger partial charge in [-0.1, -0.05) is 6.42 Å². The molecule has 7 heteroatoms. The van der Waals surface area contributed by atoms with Gasteiger partial charge in [0.05, 0.1) is 18.8 Å². The molecular weight excluding hydrogens is 318 g/mol. The zero-order valence-corrected chi connectivity index (χ0v) is 14.7. The summed E-state index contributed by atoms with van der Waals surface area (Å²) in [5.74, 6) is 0.909. The normalized spacial score (nSPS) is 17.8. The monoisotopic (exact) mass is 345 g/mol. The summed E-state index contributed by atoms with van der Waals surface area (Å²) >= 11 is 0. The molecule has 1 aliphatic heterocycles. The van der Waals surface area contributed by atoms with E-state index in [1.54, 1.807) is 12.5 Å². The highest BCUT2D eigenvalue weighted by Crippen LogP contribution is 2.24. The molecule has 2 aromatic heterocycles. The molecule has 0 radical (unpaired) electrons. The molecule has 3 heterocycles. The van der Waals surface area contributed by atoms with E-state index in [2.05, 4.69) is 20.6 Å². The molecule has 25 heavy (non-hydrogen) atoms. The van der Waals surface area contributed by atoms with Gasteiger partial charge in [0.25, 0.3) is 0 Å². The van der Waals surface area contributed by atoms with Crippen LogP contribution in [-0.2, 0) is 6.54 Å². The molecule has 1 saturated heterocycles. The summed E-state index contributed by atoms with van der Waals surface area (Å²) < 4.78 is 7.42. The minimum absolute atomic E-state index is 0.00282. The zero-order valence-electron chi connectivity index (χ0n) is 14.7. The molecule has 3 rings (SSSR count). The lowest BCUT2D eigenvalue weighted by Gasteiger charge is -2.33.